The molecule has 4 heteroatoms. The maximum Gasteiger partial charge on any atom is 0.229 e. The Labute approximate surface area is 97.6 Å². The van der Waals surface area contributed by atoms with Gasteiger partial charge in [-0.2, -0.15) is 0 Å². The lowest BCUT2D eigenvalue weighted by molar-refractivity contribution is 0.185. The average Bonchev–Trinajstić information content (AvgIpc) is 2.82. The van der Waals surface area contributed by atoms with E-state index in [1.807, 2.05) is 24.3 Å². The van der Waals surface area contributed by atoms with Gasteiger partial charge in [0, 0.05) is 18.0 Å². The van der Waals surface area contributed by atoms with Gasteiger partial charge in [-0.25, -0.2) is 4.98 Å². The maximum absolute atomic E-state index is 10.1. The molecule has 84 valence electrons. The molecule has 0 saturated carbocycles. The van der Waals surface area contributed by atoms with Crippen LogP contribution in [0.4, 0.5) is 0 Å². The molecule has 2 heterocycles. The monoisotopic (exact) mass is 226 g/mol. The van der Waals surface area contributed by atoms with E-state index < -0.39 is 6.10 Å². The van der Waals surface area contributed by atoms with Crippen LogP contribution in [0.25, 0.3) is 11.1 Å². The van der Waals surface area contributed by atoms with E-state index in [1.54, 1.807) is 24.5 Å². The fourth-order valence-corrected chi connectivity index (χ4v) is 1.69. The van der Waals surface area contributed by atoms with Crippen molar-refractivity contribution in [3.8, 4) is 0 Å². The van der Waals surface area contributed by atoms with Gasteiger partial charge in [0.25, 0.3) is 0 Å². The van der Waals surface area contributed by atoms with Gasteiger partial charge in [-0.1, -0.05) is 18.2 Å². The Hall–Kier alpha value is -2.20. The van der Waals surface area contributed by atoms with Gasteiger partial charge in [-0.3, -0.25) is 4.98 Å². The van der Waals surface area contributed by atoms with E-state index in [4.69, 9.17) is 4.42 Å². The standard InChI is InChI=1S/C13H10N2O2/c16-12(9-4-3-7-14-8-9)13-15-10-5-1-2-6-11(10)17-13/h1-8,12,16H. The van der Waals surface area contributed by atoms with Crippen LogP contribution in [0.15, 0.2) is 53.2 Å². The highest BCUT2D eigenvalue weighted by atomic mass is 16.4. The van der Waals surface area contributed by atoms with Gasteiger partial charge < -0.3 is 9.52 Å². The van der Waals surface area contributed by atoms with Crippen molar-refractivity contribution < 1.29 is 9.52 Å². The number of aromatic nitrogens is 2. The molecule has 1 aromatic carbocycles. The minimum Gasteiger partial charge on any atom is -0.437 e. The van der Waals surface area contributed by atoms with Crippen LogP contribution in [0.5, 0.6) is 0 Å². The summed E-state index contributed by atoms with van der Waals surface area (Å²) >= 11 is 0. The Kier molecular flexibility index (Phi) is 2.34. The van der Waals surface area contributed by atoms with Crippen LogP contribution in [0.1, 0.15) is 17.6 Å². The lowest BCUT2D eigenvalue weighted by Crippen LogP contribution is -1.99. The SMILES string of the molecule is OC(c1cccnc1)c1nc2ccccc2o1. The summed E-state index contributed by atoms with van der Waals surface area (Å²) in [4.78, 5) is 8.20. The number of hydrogen-bond acceptors (Lipinski definition) is 4. The molecule has 1 N–H and O–H groups in total. The van der Waals surface area contributed by atoms with Crippen molar-refractivity contribution >= 4 is 11.1 Å². The predicted molar refractivity (Wildman–Crippen MR) is 62.3 cm³/mol. The Morgan fingerprint density at radius 2 is 2.00 bits per heavy atom. The van der Waals surface area contributed by atoms with Gasteiger partial charge in [-0.15, -0.1) is 0 Å². The van der Waals surface area contributed by atoms with Crippen LogP contribution in [0.3, 0.4) is 0 Å². The summed E-state index contributed by atoms with van der Waals surface area (Å²) in [6.07, 6.45) is 2.37. The number of pyridine rings is 1. The van der Waals surface area contributed by atoms with Crippen molar-refractivity contribution in [1.29, 1.82) is 0 Å². The van der Waals surface area contributed by atoms with Gasteiger partial charge >= 0.3 is 0 Å². The highest BCUT2D eigenvalue weighted by Crippen LogP contribution is 2.24. The Balaban J connectivity index is 2.04. The first-order chi connectivity index (χ1) is 8.34. The molecule has 0 aliphatic rings. The van der Waals surface area contributed by atoms with Crippen molar-refractivity contribution in [2.75, 3.05) is 0 Å². The third kappa shape index (κ3) is 1.79. The smallest absolute Gasteiger partial charge is 0.229 e. The quantitative estimate of drug-likeness (QED) is 0.728. The minimum atomic E-state index is -0.879. The van der Waals surface area contributed by atoms with Crippen LogP contribution in [-0.4, -0.2) is 15.1 Å². The van der Waals surface area contributed by atoms with Crippen molar-refractivity contribution in [1.82, 2.24) is 9.97 Å². The fourth-order valence-electron chi connectivity index (χ4n) is 1.69. The Bertz CT molecular complexity index is 601. The molecule has 3 aromatic rings. The van der Waals surface area contributed by atoms with Crippen molar-refractivity contribution in [2.45, 2.75) is 6.10 Å². The topological polar surface area (TPSA) is 59.2 Å². The van der Waals surface area contributed by atoms with Gasteiger partial charge in [0.2, 0.25) is 5.89 Å². The summed E-state index contributed by atoms with van der Waals surface area (Å²) in [6.45, 7) is 0. The molecule has 17 heavy (non-hydrogen) atoms. The minimum absolute atomic E-state index is 0.291. The molecule has 1 unspecified atom stereocenters. The number of rotatable bonds is 2. The van der Waals surface area contributed by atoms with E-state index in [-0.39, 0.29) is 0 Å². The third-order valence-electron chi connectivity index (χ3n) is 2.54. The third-order valence-corrected chi connectivity index (χ3v) is 2.54. The Morgan fingerprint density at radius 3 is 2.76 bits per heavy atom. The molecule has 0 fully saturated rings. The van der Waals surface area contributed by atoms with Crippen molar-refractivity contribution in [3.05, 3.63) is 60.2 Å². The molecule has 1 atom stereocenters. The first kappa shape index (κ1) is 9.99. The van der Waals surface area contributed by atoms with E-state index >= 15 is 0 Å². The summed E-state index contributed by atoms with van der Waals surface area (Å²) in [5, 5.41) is 10.1. The summed E-state index contributed by atoms with van der Waals surface area (Å²) in [5.41, 5.74) is 2.08. The van der Waals surface area contributed by atoms with Gasteiger partial charge in [0.1, 0.15) is 5.52 Å². The maximum atomic E-state index is 10.1. The number of oxazole rings is 1. The molecular formula is C13H10N2O2. The van der Waals surface area contributed by atoms with E-state index in [2.05, 4.69) is 9.97 Å². The van der Waals surface area contributed by atoms with E-state index in [0.717, 1.165) is 5.52 Å². The molecule has 2 aromatic heterocycles. The molecule has 0 amide bonds. The molecular weight excluding hydrogens is 216 g/mol. The second-order valence-electron chi connectivity index (χ2n) is 3.71. The van der Waals surface area contributed by atoms with Crippen LogP contribution in [0.2, 0.25) is 0 Å². The highest BCUT2D eigenvalue weighted by Gasteiger charge is 2.17. The number of para-hydroxylation sites is 2. The lowest BCUT2D eigenvalue weighted by atomic mass is 10.2. The fraction of sp³-hybridized carbons (Fsp3) is 0.0769. The lowest BCUT2D eigenvalue weighted by Gasteiger charge is -2.04. The number of aliphatic hydroxyl groups is 1. The zero-order chi connectivity index (χ0) is 11.7. The van der Waals surface area contributed by atoms with E-state index in [9.17, 15) is 5.11 Å². The Morgan fingerprint density at radius 1 is 1.12 bits per heavy atom. The highest BCUT2D eigenvalue weighted by molar-refractivity contribution is 5.72. The molecule has 0 saturated heterocycles. The summed E-state index contributed by atoms with van der Waals surface area (Å²) < 4.78 is 5.50. The van der Waals surface area contributed by atoms with Crippen LogP contribution in [0, 0.1) is 0 Å². The molecule has 0 aliphatic heterocycles. The largest absolute Gasteiger partial charge is 0.437 e. The van der Waals surface area contributed by atoms with Gasteiger partial charge in [0.15, 0.2) is 11.7 Å². The molecule has 0 spiro atoms. The normalized spacial score (nSPS) is 12.8. The number of hydrogen-bond donors (Lipinski definition) is 1. The van der Waals surface area contributed by atoms with Crippen molar-refractivity contribution in [2.24, 2.45) is 0 Å². The predicted octanol–water partition coefficient (Wildman–Crippen LogP) is 2.30. The summed E-state index contributed by atoms with van der Waals surface area (Å²) in [7, 11) is 0. The number of nitrogens with zero attached hydrogens (tertiary/aromatic N) is 2. The number of benzene rings is 1. The summed E-state index contributed by atoms with van der Waals surface area (Å²) in [6, 6.07) is 11.0. The zero-order valence-electron chi connectivity index (χ0n) is 8.95. The zero-order valence-corrected chi connectivity index (χ0v) is 8.95. The molecule has 3 rings (SSSR count). The van der Waals surface area contributed by atoms with Gasteiger partial charge in [-0.05, 0) is 18.2 Å². The van der Waals surface area contributed by atoms with E-state index in [0.29, 0.717) is 17.0 Å². The second-order valence-corrected chi connectivity index (χ2v) is 3.71. The molecule has 0 radical (unpaired) electrons. The summed E-state index contributed by atoms with van der Waals surface area (Å²) in [5.74, 6) is 0.291. The molecule has 0 aliphatic carbocycles. The van der Waals surface area contributed by atoms with Crippen LogP contribution < -0.4 is 0 Å². The van der Waals surface area contributed by atoms with Gasteiger partial charge in [0.05, 0.1) is 0 Å². The molecule has 0 bridgehead atoms. The van der Waals surface area contributed by atoms with Crippen LogP contribution >= 0.6 is 0 Å². The number of aliphatic hydroxyl groups excluding tert-OH is 1. The van der Waals surface area contributed by atoms with Crippen LogP contribution in [-0.2, 0) is 0 Å². The second kappa shape index (κ2) is 3.99. The van der Waals surface area contributed by atoms with E-state index in [1.165, 1.54) is 0 Å². The first-order valence-electron chi connectivity index (χ1n) is 5.28. The average molecular weight is 226 g/mol. The molecule has 4 nitrogen and oxygen atoms in total. The van der Waals surface area contributed by atoms with Crippen molar-refractivity contribution in [3.63, 3.8) is 0 Å². The first-order valence-corrected chi connectivity index (χ1v) is 5.28. The number of fused-ring (bicyclic) bond motifs is 1.